The summed E-state index contributed by atoms with van der Waals surface area (Å²) in [5.41, 5.74) is 11.9. The second-order valence-electron chi connectivity index (χ2n) is 17.6. The molecule has 14 aromatic rings. The van der Waals surface area contributed by atoms with Gasteiger partial charge < -0.3 is 18.6 Å². The highest BCUT2D eigenvalue weighted by Gasteiger charge is 2.25. The molecule has 0 aliphatic carbocycles. The van der Waals surface area contributed by atoms with E-state index >= 15 is 0 Å². The van der Waals surface area contributed by atoms with Crippen molar-refractivity contribution in [3.8, 4) is 11.1 Å². The van der Waals surface area contributed by atoms with Crippen LogP contribution in [0, 0.1) is 0 Å². The highest BCUT2D eigenvalue weighted by atomic mass is 16.3. The molecular weight excluding hydrogens is 829 g/mol. The van der Waals surface area contributed by atoms with Crippen molar-refractivity contribution >= 4 is 121 Å². The largest absolute Gasteiger partial charge is 0.454 e. The van der Waals surface area contributed by atoms with Crippen LogP contribution in [0.15, 0.2) is 251 Å². The fourth-order valence-electron chi connectivity index (χ4n) is 10.7. The van der Waals surface area contributed by atoms with Gasteiger partial charge in [-0.3, -0.25) is 0 Å². The Labute approximate surface area is 391 Å². The van der Waals surface area contributed by atoms with Crippen molar-refractivity contribution in [1.29, 1.82) is 0 Å². The minimum Gasteiger partial charge on any atom is -0.454 e. The smallest absolute Gasteiger partial charge is 0.160 e. The van der Waals surface area contributed by atoms with E-state index in [9.17, 15) is 0 Å². The maximum atomic E-state index is 6.85. The molecule has 12 aromatic carbocycles. The normalized spacial score (nSPS) is 11.8. The summed E-state index contributed by atoms with van der Waals surface area (Å²) in [7, 11) is 0. The molecule has 4 heteroatoms. The summed E-state index contributed by atoms with van der Waals surface area (Å²) in [5, 5.41) is 13.8. The van der Waals surface area contributed by atoms with E-state index in [1.807, 2.05) is 12.1 Å². The van der Waals surface area contributed by atoms with Gasteiger partial charge in [0.25, 0.3) is 0 Å². The monoisotopic (exact) mass is 868 g/mol. The summed E-state index contributed by atoms with van der Waals surface area (Å²) < 4.78 is 13.7. The van der Waals surface area contributed by atoms with E-state index in [4.69, 9.17) is 8.83 Å². The standard InChI is InChI=1S/C64H40N2O2/c1-5-21-49-43(15-1)19-13-27-55(49)65(57-39-45-17-3-7-23-51(45)61-53-25-9-11-29-59(53)67-63(57)61)47-35-31-41(32-36-47)42-33-37-48(38-34-42)66(56-28-14-20-44-16-2-6-22-50(44)56)58-40-46-18-4-8-24-52(46)62-54-26-10-12-30-60(54)68-64(58)62/h1-40H. The molecule has 0 spiro atoms. The molecule has 0 fully saturated rings. The van der Waals surface area contributed by atoms with Gasteiger partial charge >= 0.3 is 0 Å². The van der Waals surface area contributed by atoms with E-state index in [0.717, 1.165) is 111 Å². The lowest BCUT2D eigenvalue weighted by Gasteiger charge is -2.28. The van der Waals surface area contributed by atoms with Crippen LogP contribution in [0.3, 0.4) is 0 Å². The van der Waals surface area contributed by atoms with E-state index in [1.54, 1.807) is 0 Å². The number of furan rings is 2. The molecule has 2 aromatic heterocycles. The number of benzene rings is 12. The van der Waals surface area contributed by atoms with Crippen molar-refractivity contribution < 1.29 is 8.83 Å². The predicted molar refractivity (Wildman–Crippen MR) is 286 cm³/mol. The Balaban J connectivity index is 0.922. The first kappa shape index (κ1) is 38.2. The molecule has 0 atom stereocenters. The lowest BCUT2D eigenvalue weighted by Crippen LogP contribution is -2.11. The lowest BCUT2D eigenvalue weighted by molar-refractivity contribution is 0.669. The van der Waals surface area contributed by atoms with Gasteiger partial charge in [-0.05, 0) is 104 Å². The molecule has 0 aliphatic rings. The Hall–Kier alpha value is -9.12. The van der Waals surface area contributed by atoms with E-state index in [1.165, 1.54) is 21.5 Å². The molecule has 2 heterocycles. The first-order valence-electron chi connectivity index (χ1n) is 23.2. The molecule has 0 saturated carbocycles. The van der Waals surface area contributed by atoms with Gasteiger partial charge in [0.1, 0.15) is 11.2 Å². The molecule has 0 amide bonds. The molecule has 318 valence electrons. The average molecular weight is 869 g/mol. The van der Waals surface area contributed by atoms with Crippen molar-refractivity contribution in [1.82, 2.24) is 0 Å². The molecule has 0 saturated heterocycles. The highest BCUT2D eigenvalue weighted by Crippen LogP contribution is 2.49. The zero-order chi connectivity index (χ0) is 44.7. The number of anilines is 6. The Morgan fingerprint density at radius 3 is 1.01 bits per heavy atom. The number of hydrogen-bond acceptors (Lipinski definition) is 4. The molecule has 14 rings (SSSR count). The highest BCUT2D eigenvalue weighted by molar-refractivity contribution is 6.25. The van der Waals surface area contributed by atoms with Crippen LogP contribution in [-0.4, -0.2) is 0 Å². The Kier molecular flexibility index (Phi) is 8.55. The van der Waals surface area contributed by atoms with Crippen LogP contribution in [-0.2, 0) is 0 Å². The Morgan fingerprint density at radius 1 is 0.250 bits per heavy atom. The first-order valence-corrected chi connectivity index (χ1v) is 23.2. The molecule has 0 radical (unpaired) electrons. The van der Waals surface area contributed by atoms with Crippen LogP contribution in [0.25, 0.3) is 98.1 Å². The summed E-state index contributed by atoms with van der Waals surface area (Å²) in [5.74, 6) is 0. The van der Waals surface area contributed by atoms with E-state index in [0.29, 0.717) is 0 Å². The van der Waals surface area contributed by atoms with Gasteiger partial charge in [-0.25, -0.2) is 0 Å². The summed E-state index contributed by atoms with van der Waals surface area (Å²) in [6, 6.07) is 86.8. The van der Waals surface area contributed by atoms with Crippen molar-refractivity contribution in [2.75, 3.05) is 9.80 Å². The van der Waals surface area contributed by atoms with Crippen molar-refractivity contribution in [3.63, 3.8) is 0 Å². The minimum atomic E-state index is 0.861. The van der Waals surface area contributed by atoms with Crippen molar-refractivity contribution in [2.24, 2.45) is 0 Å². The third-order valence-corrected chi connectivity index (χ3v) is 13.8. The van der Waals surface area contributed by atoms with Crippen LogP contribution >= 0.6 is 0 Å². The molecule has 0 aliphatic heterocycles. The molecule has 0 unspecified atom stereocenters. The summed E-state index contributed by atoms with van der Waals surface area (Å²) in [6.45, 7) is 0. The fourth-order valence-corrected chi connectivity index (χ4v) is 10.7. The third-order valence-electron chi connectivity index (χ3n) is 13.8. The molecular formula is C64H40N2O2. The van der Waals surface area contributed by atoms with Gasteiger partial charge in [-0.1, -0.05) is 182 Å². The number of rotatable bonds is 7. The maximum Gasteiger partial charge on any atom is 0.160 e. The topological polar surface area (TPSA) is 32.8 Å². The Morgan fingerprint density at radius 2 is 0.588 bits per heavy atom. The van der Waals surface area contributed by atoms with Crippen LogP contribution in [0.4, 0.5) is 34.1 Å². The van der Waals surface area contributed by atoms with E-state index in [-0.39, 0.29) is 0 Å². The molecule has 68 heavy (non-hydrogen) atoms. The van der Waals surface area contributed by atoms with Gasteiger partial charge in [0.2, 0.25) is 0 Å². The Bertz CT molecular complexity index is 3990. The minimum absolute atomic E-state index is 0.861. The summed E-state index contributed by atoms with van der Waals surface area (Å²) >= 11 is 0. The quantitative estimate of drug-likeness (QED) is 0.160. The van der Waals surface area contributed by atoms with Gasteiger partial charge in [-0.2, -0.15) is 0 Å². The number of nitrogens with zero attached hydrogens (tertiary/aromatic N) is 2. The first-order chi connectivity index (χ1) is 33.7. The summed E-state index contributed by atoms with van der Waals surface area (Å²) in [4.78, 5) is 4.74. The van der Waals surface area contributed by atoms with E-state index in [2.05, 4.69) is 240 Å². The molecule has 0 bridgehead atoms. The zero-order valence-electron chi connectivity index (χ0n) is 36.8. The molecule has 0 N–H and O–H groups in total. The van der Waals surface area contributed by atoms with Crippen molar-refractivity contribution in [3.05, 3.63) is 243 Å². The van der Waals surface area contributed by atoms with Gasteiger partial charge in [0, 0.05) is 43.7 Å². The predicted octanol–water partition coefficient (Wildman–Crippen LogP) is 18.7. The zero-order valence-corrected chi connectivity index (χ0v) is 36.8. The third kappa shape index (κ3) is 5.94. The number of fused-ring (bicyclic) bond motifs is 12. The van der Waals surface area contributed by atoms with Gasteiger partial charge in [0.15, 0.2) is 11.2 Å². The van der Waals surface area contributed by atoms with Crippen LogP contribution < -0.4 is 9.80 Å². The lowest BCUT2D eigenvalue weighted by atomic mass is 9.99. The van der Waals surface area contributed by atoms with Crippen LogP contribution in [0.5, 0.6) is 0 Å². The number of hydrogen-bond donors (Lipinski definition) is 0. The van der Waals surface area contributed by atoms with Crippen LogP contribution in [0.1, 0.15) is 0 Å². The van der Waals surface area contributed by atoms with Crippen LogP contribution in [0.2, 0.25) is 0 Å². The van der Waals surface area contributed by atoms with Crippen molar-refractivity contribution in [2.45, 2.75) is 0 Å². The number of para-hydroxylation sites is 2. The van der Waals surface area contributed by atoms with Gasteiger partial charge in [-0.15, -0.1) is 0 Å². The second kappa shape index (κ2) is 15.2. The average Bonchev–Trinajstić information content (AvgIpc) is 4.00. The molecule has 4 nitrogen and oxygen atoms in total. The second-order valence-corrected chi connectivity index (χ2v) is 17.6. The summed E-state index contributed by atoms with van der Waals surface area (Å²) in [6.07, 6.45) is 0. The van der Waals surface area contributed by atoms with E-state index < -0.39 is 0 Å². The fraction of sp³-hybridized carbons (Fsp3) is 0. The SMILES string of the molecule is c1ccc2c(N(c3ccc(-c4ccc(N(c5cccc6ccccc56)c5cc6ccccc6c6c5oc5ccccc56)cc4)cc3)c3cc4ccccc4c4c3oc3ccccc34)cccc2c1. The van der Waals surface area contributed by atoms with Gasteiger partial charge in [0.05, 0.1) is 22.7 Å². The maximum absolute atomic E-state index is 6.85.